The number of anilines is 1. The number of hydrogen-bond donors (Lipinski definition) is 1. The van der Waals surface area contributed by atoms with E-state index in [1.54, 1.807) is 0 Å². The molecule has 1 saturated carbocycles. The highest BCUT2D eigenvalue weighted by Crippen LogP contribution is 2.25. The van der Waals surface area contributed by atoms with Crippen LogP contribution in [0, 0.1) is 11.7 Å². The van der Waals surface area contributed by atoms with Crippen molar-refractivity contribution in [2.45, 2.75) is 38.7 Å². The molecule has 1 aliphatic rings. The first kappa shape index (κ1) is 16.5. The number of amides is 1. The number of aromatic nitrogens is 4. The molecule has 2 atom stereocenters. The zero-order valence-corrected chi connectivity index (χ0v) is 13.5. The predicted octanol–water partition coefficient (Wildman–Crippen LogP) is 2.34. The number of nitrogens with one attached hydrogen (secondary N) is 1. The lowest BCUT2D eigenvalue weighted by Crippen LogP contribution is -2.27. The molecule has 2 aromatic rings. The molecule has 3 rings (SSSR count). The van der Waals surface area contributed by atoms with Gasteiger partial charge in [0.1, 0.15) is 18.8 Å². The SMILES string of the molecule is CC1CCCC(OCC(=O)Nc2cc(-n3cnnn3)ccc2F)C1. The van der Waals surface area contributed by atoms with Crippen molar-refractivity contribution in [3.05, 3.63) is 30.3 Å². The average Bonchev–Trinajstić information content (AvgIpc) is 3.10. The summed E-state index contributed by atoms with van der Waals surface area (Å²) in [5.74, 6) is -0.273. The van der Waals surface area contributed by atoms with Gasteiger partial charge in [0.2, 0.25) is 5.91 Å². The van der Waals surface area contributed by atoms with Crippen LogP contribution >= 0.6 is 0 Å². The molecule has 1 aromatic carbocycles. The van der Waals surface area contributed by atoms with E-state index in [-0.39, 0.29) is 24.3 Å². The van der Waals surface area contributed by atoms with E-state index in [2.05, 4.69) is 27.8 Å². The summed E-state index contributed by atoms with van der Waals surface area (Å²) >= 11 is 0. The van der Waals surface area contributed by atoms with Crippen LogP contribution in [-0.2, 0) is 9.53 Å². The van der Waals surface area contributed by atoms with E-state index in [1.165, 1.54) is 35.6 Å². The lowest BCUT2D eigenvalue weighted by molar-refractivity contribution is -0.123. The topological polar surface area (TPSA) is 81.9 Å². The highest BCUT2D eigenvalue weighted by atomic mass is 19.1. The second-order valence-electron chi connectivity index (χ2n) is 6.17. The van der Waals surface area contributed by atoms with Crippen LogP contribution in [0.25, 0.3) is 5.69 Å². The first-order valence-electron chi connectivity index (χ1n) is 8.06. The quantitative estimate of drug-likeness (QED) is 0.908. The third-order valence-corrected chi connectivity index (χ3v) is 4.18. The first-order valence-corrected chi connectivity index (χ1v) is 8.06. The molecule has 1 N–H and O–H groups in total. The Morgan fingerprint density at radius 2 is 2.33 bits per heavy atom. The molecule has 1 aromatic heterocycles. The number of carbonyl (C=O) groups excluding carboxylic acids is 1. The molecule has 0 aliphatic heterocycles. The fourth-order valence-electron chi connectivity index (χ4n) is 2.94. The van der Waals surface area contributed by atoms with E-state index in [0.29, 0.717) is 11.6 Å². The Bertz CT molecular complexity index is 692. The maximum atomic E-state index is 13.9. The smallest absolute Gasteiger partial charge is 0.250 e. The van der Waals surface area contributed by atoms with Crippen molar-refractivity contribution in [2.24, 2.45) is 5.92 Å². The van der Waals surface area contributed by atoms with Crippen molar-refractivity contribution in [1.29, 1.82) is 0 Å². The highest BCUT2D eigenvalue weighted by Gasteiger charge is 2.20. The number of nitrogens with zero attached hydrogens (tertiary/aromatic N) is 4. The minimum absolute atomic E-state index is 0.0774. The molecule has 1 amide bonds. The number of halogens is 1. The predicted molar refractivity (Wildman–Crippen MR) is 85.1 cm³/mol. The van der Waals surface area contributed by atoms with Crippen molar-refractivity contribution >= 4 is 11.6 Å². The first-order chi connectivity index (χ1) is 11.6. The van der Waals surface area contributed by atoms with Crippen LogP contribution in [0.1, 0.15) is 32.6 Å². The van der Waals surface area contributed by atoms with Crippen molar-refractivity contribution in [2.75, 3.05) is 11.9 Å². The summed E-state index contributed by atoms with van der Waals surface area (Å²) in [5, 5.41) is 13.3. The van der Waals surface area contributed by atoms with E-state index in [4.69, 9.17) is 4.74 Å². The Labute approximate surface area is 139 Å². The second kappa shape index (κ2) is 7.48. The molecule has 128 valence electrons. The molecule has 0 saturated heterocycles. The van der Waals surface area contributed by atoms with Gasteiger partial charge >= 0.3 is 0 Å². The Morgan fingerprint density at radius 3 is 3.08 bits per heavy atom. The standard InChI is InChI=1S/C16H20FN5O2/c1-11-3-2-4-13(7-11)24-9-16(23)19-15-8-12(5-6-14(15)17)22-10-18-20-21-22/h5-6,8,10-11,13H,2-4,7,9H2,1H3,(H,19,23). The summed E-state index contributed by atoms with van der Waals surface area (Å²) in [5.41, 5.74) is 0.632. The highest BCUT2D eigenvalue weighted by molar-refractivity contribution is 5.92. The molecule has 2 unspecified atom stereocenters. The minimum Gasteiger partial charge on any atom is -0.368 e. The summed E-state index contributed by atoms with van der Waals surface area (Å²) in [7, 11) is 0. The maximum absolute atomic E-state index is 13.9. The molecule has 0 bridgehead atoms. The van der Waals surface area contributed by atoms with Gasteiger partial charge in [-0.2, -0.15) is 0 Å². The molecule has 0 spiro atoms. The normalized spacial score (nSPS) is 20.8. The lowest BCUT2D eigenvalue weighted by atomic mass is 9.89. The number of tetrazole rings is 1. The van der Waals surface area contributed by atoms with Gasteiger partial charge in [0.25, 0.3) is 0 Å². The Balaban J connectivity index is 1.58. The van der Waals surface area contributed by atoms with Crippen LogP contribution in [0.15, 0.2) is 24.5 Å². The maximum Gasteiger partial charge on any atom is 0.250 e. The molecule has 7 nitrogen and oxygen atoms in total. The summed E-state index contributed by atoms with van der Waals surface area (Å²) in [6.45, 7) is 2.11. The summed E-state index contributed by atoms with van der Waals surface area (Å²) < 4.78 is 20.9. The van der Waals surface area contributed by atoms with Crippen LogP contribution in [0.2, 0.25) is 0 Å². The van der Waals surface area contributed by atoms with Crippen LogP contribution in [0.3, 0.4) is 0 Å². The van der Waals surface area contributed by atoms with Crippen molar-refractivity contribution in [3.8, 4) is 5.69 Å². The van der Waals surface area contributed by atoms with E-state index >= 15 is 0 Å². The summed E-state index contributed by atoms with van der Waals surface area (Å²) in [6.07, 6.45) is 5.78. The van der Waals surface area contributed by atoms with Gasteiger partial charge in [-0.15, -0.1) is 5.10 Å². The average molecular weight is 333 g/mol. The second-order valence-corrected chi connectivity index (χ2v) is 6.17. The van der Waals surface area contributed by atoms with Crippen LogP contribution in [0.5, 0.6) is 0 Å². The summed E-state index contributed by atoms with van der Waals surface area (Å²) in [6, 6.07) is 4.27. The zero-order valence-electron chi connectivity index (χ0n) is 13.5. The largest absolute Gasteiger partial charge is 0.368 e. The molecule has 24 heavy (non-hydrogen) atoms. The molecule has 8 heteroatoms. The number of hydrogen-bond acceptors (Lipinski definition) is 5. The molecule has 0 radical (unpaired) electrons. The molecule has 1 aliphatic carbocycles. The van der Waals surface area contributed by atoms with Gasteiger partial charge in [-0.25, -0.2) is 9.07 Å². The molecule has 1 heterocycles. The van der Waals surface area contributed by atoms with Crippen LogP contribution in [-0.4, -0.2) is 38.8 Å². The zero-order chi connectivity index (χ0) is 16.9. The van der Waals surface area contributed by atoms with Crippen LogP contribution in [0.4, 0.5) is 10.1 Å². The van der Waals surface area contributed by atoms with Crippen molar-refractivity contribution in [3.63, 3.8) is 0 Å². The monoisotopic (exact) mass is 333 g/mol. The fourth-order valence-corrected chi connectivity index (χ4v) is 2.94. The van der Waals surface area contributed by atoms with Gasteiger partial charge < -0.3 is 10.1 Å². The Morgan fingerprint density at radius 1 is 1.46 bits per heavy atom. The lowest BCUT2D eigenvalue weighted by Gasteiger charge is -2.26. The van der Waals surface area contributed by atoms with E-state index in [0.717, 1.165) is 19.3 Å². The number of rotatable bonds is 5. The molecular formula is C16H20FN5O2. The fraction of sp³-hybridized carbons (Fsp3) is 0.500. The van der Waals surface area contributed by atoms with E-state index in [9.17, 15) is 9.18 Å². The van der Waals surface area contributed by atoms with Gasteiger partial charge in [-0.05, 0) is 47.4 Å². The molecule has 1 fully saturated rings. The van der Waals surface area contributed by atoms with E-state index in [1.807, 2.05) is 0 Å². The number of carbonyl (C=O) groups is 1. The van der Waals surface area contributed by atoms with Crippen molar-refractivity contribution in [1.82, 2.24) is 20.2 Å². The Hall–Kier alpha value is -2.35. The van der Waals surface area contributed by atoms with Gasteiger partial charge in [-0.3, -0.25) is 4.79 Å². The van der Waals surface area contributed by atoms with Gasteiger partial charge in [0.05, 0.1) is 17.5 Å². The number of ether oxygens (including phenoxy) is 1. The van der Waals surface area contributed by atoms with Crippen molar-refractivity contribution < 1.29 is 13.9 Å². The van der Waals surface area contributed by atoms with Gasteiger partial charge in [0.15, 0.2) is 0 Å². The third-order valence-electron chi connectivity index (χ3n) is 4.18. The van der Waals surface area contributed by atoms with Gasteiger partial charge in [-0.1, -0.05) is 19.8 Å². The minimum atomic E-state index is -0.522. The molecular weight excluding hydrogens is 313 g/mol. The number of benzene rings is 1. The van der Waals surface area contributed by atoms with Gasteiger partial charge in [0, 0.05) is 0 Å². The van der Waals surface area contributed by atoms with Crippen LogP contribution < -0.4 is 5.32 Å². The third kappa shape index (κ3) is 4.14. The van der Waals surface area contributed by atoms with E-state index < -0.39 is 5.82 Å². The Kier molecular flexibility index (Phi) is 5.14. The summed E-state index contributed by atoms with van der Waals surface area (Å²) in [4.78, 5) is 12.0.